The van der Waals surface area contributed by atoms with E-state index in [4.69, 9.17) is 0 Å². The summed E-state index contributed by atoms with van der Waals surface area (Å²) in [7, 11) is -3.24. The molecule has 0 atom stereocenters. The van der Waals surface area contributed by atoms with Crippen LogP contribution in [0.4, 0.5) is 5.69 Å². The largest absolute Gasteiger partial charge is 0.325 e. The van der Waals surface area contributed by atoms with Gasteiger partial charge in [-0.2, -0.15) is 0 Å². The highest BCUT2D eigenvalue weighted by atomic mass is 32.2. The van der Waals surface area contributed by atoms with Crippen LogP contribution in [0.5, 0.6) is 0 Å². The van der Waals surface area contributed by atoms with Gasteiger partial charge in [-0.25, -0.2) is 13.4 Å². The maximum Gasteiger partial charge on any atom is 0.224 e. The molecule has 0 radical (unpaired) electrons. The van der Waals surface area contributed by atoms with Crippen LogP contribution in [0.3, 0.4) is 0 Å². The van der Waals surface area contributed by atoms with E-state index >= 15 is 0 Å². The van der Waals surface area contributed by atoms with E-state index < -0.39 is 9.84 Å². The van der Waals surface area contributed by atoms with Crippen LogP contribution in [-0.4, -0.2) is 30.5 Å². The average molecular weight is 416 g/mol. The third-order valence-corrected chi connectivity index (χ3v) is 6.19. The number of hydrogen-bond donors (Lipinski definition) is 1. The molecule has 6 nitrogen and oxygen atoms in total. The molecule has 0 fully saturated rings. The molecule has 1 N–H and O–H groups in total. The van der Waals surface area contributed by atoms with Crippen LogP contribution < -0.4 is 5.32 Å². The van der Waals surface area contributed by atoms with Crippen molar-refractivity contribution in [2.24, 2.45) is 0 Å². The fourth-order valence-corrected chi connectivity index (χ4v) is 4.02. The van der Waals surface area contributed by atoms with Gasteiger partial charge in [0.25, 0.3) is 0 Å². The number of unbranched alkanes of at least 4 members (excludes halogenated alkanes) is 1. The van der Waals surface area contributed by atoms with Crippen molar-refractivity contribution in [3.63, 3.8) is 0 Å². The number of sulfone groups is 1. The number of carbonyl (C=O) groups is 1. The Labute approximate surface area is 168 Å². The molecule has 0 bridgehead atoms. The lowest BCUT2D eigenvalue weighted by molar-refractivity contribution is -0.116. The van der Waals surface area contributed by atoms with Crippen molar-refractivity contribution in [1.82, 2.24) is 9.97 Å². The lowest BCUT2D eigenvalue weighted by Crippen LogP contribution is -2.09. The van der Waals surface area contributed by atoms with Gasteiger partial charge in [-0.05, 0) is 24.6 Å². The first-order valence-corrected chi connectivity index (χ1v) is 11.6. The van der Waals surface area contributed by atoms with E-state index in [2.05, 4.69) is 22.2 Å². The molecule has 2 heterocycles. The molecule has 3 rings (SSSR count). The summed E-state index contributed by atoms with van der Waals surface area (Å²) in [4.78, 5) is 21.9. The first-order chi connectivity index (χ1) is 13.4. The van der Waals surface area contributed by atoms with E-state index in [9.17, 15) is 13.2 Å². The summed E-state index contributed by atoms with van der Waals surface area (Å²) in [5.41, 5.74) is 2.89. The van der Waals surface area contributed by atoms with Gasteiger partial charge in [0, 0.05) is 23.6 Å². The normalized spacial score (nSPS) is 11.4. The number of nitrogens with one attached hydrogen (secondary N) is 1. The monoisotopic (exact) mass is 415 g/mol. The Bertz CT molecular complexity index is 1070. The van der Waals surface area contributed by atoms with Crippen LogP contribution in [0.15, 0.2) is 53.0 Å². The van der Waals surface area contributed by atoms with Gasteiger partial charge in [0.2, 0.25) is 5.91 Å². The molecule has 1 aromatic carbocycles. The van der Waals surface area contributed by atoms with Crippen LogP contribution >= 0.6 is 11.3 Å². The predicted molar refractivity (Wildman–Crippen MR) is 112 cm³/mol. The molecular formula is C20H21N3O3S2. The average Bonchev–Trinajstić information content (AvgIpc) is 3.14. The Balaban J connectivity index is 1.79. The molecule has 1 amide bonds. The van der Waals surface area contributed by atoms with E-state index in [1.807, 2.05) is 11.4 Å². The number of thiophene rings is 1. The van der Waals surface area contributed by atoms with E-state index in [0.717, 1.165) is 29.0 Å². The SMILES string of the molecule is CCCCC(=O)Nc1csc(-c2cncc(-c3ccc(S(C)(=O)=O)cc3)n2)c1. The zero-order valence-corrected chi connectivity index (χ0v) is 17.3. The highest BCUT2D eigenvalue weighted by Gasteiger charge is 2.11. The van der Waals surface area contributed by atoms with Crippen LogP contribution in [0.1, 0.15) is 26.2 Å². The maximum atomic E-state index is 11.9. The van der Waals surface area contributed by atoms with Gasteiger partial charge < -0.3 is 5.32 Å². The molecule has 0 aliphatic heterocycles. The van der Waals surface area contributed by atoms with Crippen molar-refractivity contribution < 1.29 is 13.2 Å². The van der Waals surface area contributed by atoms with Crippen molar-refractivity contribution >= 4 is 32.8 Å². The van der Waals surface area contributed by atoms with Gasteiger partial charge in [0.05, 0.1) is 39.2 Å². The predicted octanol–water partition coefficient (Wildman–Crippen LogP) is 4.40. The number of hydrogen-bond acceptors (Lipinski definition) is 6. The Morgan fingerprint density at radius 2 is 1.86 bits per heavy atom. The smallest absolute Gasteiger partial charge is 0.224 e. The second kappa shape index (κ2) is 8.62. The third-order valence-electron chi connectivity index (χ3n) is 4.11. The summed E-state index contributed by atoms with van der Waals surface area (Å²) >= 11 is 1.48. The van der Waals surface area contributed by atoms with Crippen molar-refractivity contribution in [3.05, 3.63) is 48.1 Å². The van der Waals surface area contributed by atoms with Crippen molar-refractivity contribution in [2.75, 3.05) is 11.6 Å². The molecule has 0 saturated heterocycles. The standard InChI is InChI=1S/C20H21N3O3S2/c1-3-4-5-20(24)22-15-10-19(27-13-15)18-12-21-11-17(23-18)14-6-8-16(9-7-14)28(2,25)26/h6-13H,3-5H2,1-2H3,(H,22,24). The van der Waals surface area contributed by atoms with Crippen LogP contribution in [0.2, 0.25) is 0 Å². The molecular weight excluding hydrogens is 394 g/mol. The molecule has 8 heteroatoms. The van der Waals surface area contributed by atoms with E-state index in [0.29, 0.717) is 17.8 Å². The fraction of sp³-hybridized carbons (Fsp3) is 0.250. The maximum absolute atomic E-state index is 11.9. The van der Waals surface area contributed by atoms with E-state index in [-0.39, 0.29) is 10.8 Å². The molecule has 0 aliphatic rings. The zero-order chi connectivity index (χ0) is 20.1. The van der Waals surface area contributed by atoms with Gasteiger partial charge in [-0.15, -0.1) is 11.3 Å². The second-order valence-electron chi connectivity index (χ2n) is 6.44. The Morgan fingerprint density at radius 3 is 2.54 bits per heavy atom. The summed E-state index contributed by atoms with van der Waals surface area (Å²) in [5, 5.41) is 4.78. The Morgan fingerprint density at radius 1 is 1.14 bits per heavy atom. The first-order valence-electron chi connectivity index (χ1n) is 8.88. The van der Waals surface area contributed by atoms with Crippen molar-refractivity contribution in [1.29, 1.82) is 0 Å². The van der Waals surface area contributed by atoms with Gasteiger partial charge >= 0.3 is 0 Å². The zero-order valence-electron chi connectivity index (χ0n) is 15.7. The van der Waals surface area contributed by atoms with E-state index in [1.54, 1.807) is 36.7 Å². The summed E-state index contributed by atoms with van der Waals surface area (Å²) in [5.74, 6) is 0.0111. The number of anilines is 1. The topological polar surface area (TPSA) is 89.0 Å². The van der Waals surface area contributed by atoms with Gasteiger partial charge in [-0.1, -0.05) is 25.5 Å². The molecule has 2 aromatic heterocycles. The number of amides is 1. The molecule has 3 aromatic rings. The molecule has 28 heavy (non-hydrogen) atoms. The number of benzene rings is 1. The van der Waals surface area contributed by atoms with Crippen LogP contribution in [0.25, 0.3) is 21.8 Å². The van der Waals surface area contributed by atoms with Gasteiger partial charge in [0.1, 0.15) is 0 Å². The number of aromatic nitrogens is 2. The molecule has 0 spiro atoms. The van der Waals surface area contributed by atoms with Crippen LogP contribution in [-0.2, 0) is 14.6 Å². The molecule has 0 aliphatic carbocycles. The third kappa shape index (κ3) is 5.02. The number of nitrogens with zero attached hydrogens (tertiary/aromatic N) is 2. The summed E-state index contributed by atoms with van der Waals surface area (Å²) < 4.78 is 23.2. The molecule has 146 valence electrons. The summed E-state index contributed by atoms with van der Waals surface area (Å²) in [6.07, 6.45) is 6.85. The molecule has 0 saturated carbocycles. The minimum atomic E-state index is -3.24. The summed E-state index contributed by atoms with van der Waals surface area (Å²) in [6.45, 7) is 2.05. The summed E-state index contributed by atoms with van der Waals surface area (Å²) in [6, 6.07) is 8.45. The lowest BCUT2D eigenvalue weighted by atomic mass is 10.1. The second-order valence-corrected chi connectivity index (χ2v) is 9.36. The number of carbonyl (C=O) groups excluding carboxylic acids is 1. The van der Waals surface area contributed by atoms with Crippen molar-refractivity contribution in [3.8, 4) is 21.8 Å². The highest BCUT2D eigenvalue weighted by Crippen LogP contribution is 2.30. The van der Waals surface area contributed by atoms with Gasteiger partial charge in [0.15, 0.2) is 9.84 Å². The minimum absolute atomic E-state index is 0.0111. The lowest BCUT2D eigenvalue weighted by Gasteiger charge is -2.04. The highest BCUT2D eigenvalue weighted by molar-refractivity contribution is 7.90. The first kappa shape index (κ1) is 20.2. The van der Waals surface area contributed by atoms with E-state index in [1.165, 1.54) is 17.6 Å². The van der Waals surface area contributed by atoms with Gasteiger partial charge in [-0.3, -0.25) is 9.78 Å². The Kier molecular flexibility index (Phi) is 6.21. The van der Waals surface area contributed by atoms with Crippen molar-refractivity contribution in [2.45, 2.75) is 31.1 Å². The molecule has 0 unspecified atom stereocenters. The minimum Gasteiger partial charge on any atom is -0.325 e. The Hall–Kier alpha value is -2.58. The quantitative estimate of drug-likeness (QED) is 0.618. The number of rotatable bonds is 7. The fourth-order valence-electron chi connectivity index (χ4n) is 2.59. The van der Waals surface area contributed by atoms with Crippen LogP contribution in [0, 0.1) is 0 Å².